The molecule has 1 aromatic rings. The zero-order valence-electron chi connectivity index (χ0n) is 12.5. The third-order valence-electron chi connectivity index (χ3n) is 2.91. The number of carboxylic acids is 1. The number of ether oxygens (including phenoxy) is 1. The minimum Gasteiger partial charge on any atom is -0.482 e. The van der Waals surface area contributed by atoms with Gasteiger partial charge in [0.15, 0.2) is 16.4 Å². The van der Waals surface area contributed by atoms with E-state index < -0.39 is 34.1 Å². The van der Waals surface area contributed by atoms with Crippen LogP contribution in [0.4, 0.5) is 0 Å². The molecule has 0 bridgehead atoms. The van der Waals surface area contributed by atoms with Gasteiger partial charge in [-0.1, -0.05) is 19.1 Å². The van der Waals surface area contributed by atoms with Gasteiger partial charge < -0.3 is 14.7 Å². The van der Waals surface area contributed by atoms with Gasteiger partial charge in [-0.25, -0.2) is 13.2 Å². The second kappa shape index (κ2) is 7.79. The molecule has 0 atom stereocenters. The summed E-state index contributed by atoms with van der Waals surface area (Å²) in [6, 6.07) is 6.57. The van der Waals surface area contributed by atoms with Gasteiger partial charge >= 0.3 is 5.97 Å². The van der Waals surface area contributed by atoms with Crippen molar-refractivity contribution in [3.05, 3.63) is 29.8 Å². The van der Waals surface area contributed by atoms with E-state index in [9.17, 15) is 18.0 Å². The summed E-state index contributed by atoms with van der Waals surface area (Å²) in [4.78, 5) is 23.5. The molecule has 0 aromatic heterocycles. The number of amides is 1. The molecule has 122 valence electrons. The SMILES string of the molecule is CCS(=O)(=O)CC(=O)N(C)Cc1ccc(OCC(=O)O)cc1. The molecule has 1 aromatic carbocycles. The van der Waals surface area contributed by atoms with Crippen molar-refractivity contribution < 1.29 is 27.9 Å². The minimum absolute atomic E-state index is 0.0673. The summed E-state index contributed by atoms with van der Waals surface area (Å²) >= 11 is 0. The molecule has 0 radical (unpaired) electrons. The molecule has 0 heterocycles. The van der Waals surface area contributed by atoms with Crippen LogP contribution in [0.2, 0.25) is 0 Å². The summed E-state index contributed by atoms with van der Waals surface area (Å²) in [5.41, 5.74) is 0.785. The first-order valence-electron chi connectivity index (χ1n) is 6.61. The first-order valence-corrected chi connectivity index (χ1v) is 8.43. The zero-order chi connectivity index (χ0) is 16.8. The number of hydrogen-bond donors (Lipinski definition) is 1. The van der Waals surface area contributed by atoms with Gasteiger partial charge in [0.05, 0.1) is 0 Å². The van der Waals surface area contributed by atoms with Crippen molar-refractivity contribution in [3.8, 4) is 5.75 Å². The second-order valence-corrected chi connectivity index (χ2v) is 7.11. The highest BCUT2D eigenvalue weighted by molar-refractivity contribution is 7.92. The molecule has 0 unspecified atom stereocenters. The van der Waals surface area contributed by atoms with Crippen molar-refractivity contribution in [3.63, 3.8) is 0 Å². The second-order valence-electron chi connectivity index (χ2n) is 4.75. The van der Waals surface area contributed by atoms with Crippen LogP contribution in [0.25, 0.3) is 0 Å². The van der Waals surface area contributed by atoms with Gasteiger partial charge in [-0.3, -0.25) is 4.79 Å². The first-order chi connectivity index (χ1) is 10.2. The monoisotopic (exact) mass is 329 g/mol. The van der Waals surface area contributed by atoms with Gasteiger partial charge in [0.2, 0.25) is 5.91 Å². The molecular formula is C14H19NO6S. The number of sulfone groups is 1. The van der Waals surface area contributed by atoms with Crippen LogP contribution in [0, 0.1) is 0 Å². The quantitative estimate of drug-likeness (QED) is 0.747. The summed E-state index contributed by atoms with van der Waals surface area (Å²) in [5, 5.41) is 8.50. The molecule has 0 saturated heterocycles. The Morgan fingerprint density at radius 1 is 1.23 bits per heavy atom. The van der Waals surface area contributed by atoms with E-state index in [1.54, 1.807) is 24.3 Å². The molecule has 1 rings (SSSR count). The molecule has 8 heteroatoms. The maximum absolute atomic E-state index is 11.8. The van der Waals surface area contributed by atoms with E-state index in [-0.39, 0.29) is 12.3 Å². The Hall–Kier alpha value is -2.09. The number of nitrogens with zero attached hydrogens (tertiary/aromatic N) is 1. The Morgan fingerprint density at radius 2 is 1.82 bits per heavy atom. The number of rotatable bonds is 8. The lowest BCUT2D eigenvalue weighted by Gasteiger charge is -2.17. The van der Waals surface area contributed by atoms with Crippen LogP contribution in [-0.4, -0.2) is 55.5 Å². The Kier molecular flexibility index (Phi) is 6.36. The Bertz CT molecular complexity index is 623. The average molecular weight is 329 g/mol. The van der Waals surface area contributed by atoms with Crippen LogP contribution in [0.1, 0.15) is 12.5 Å². The van der Waals surface area contributed by atoms with Crippen LogP contribution < -0.4 is 4.74 Å². The van der Waals surface area contributed by atoms with Gasteiger partial charge in [-0.15, -0.1) is 0 Å². The van der Waals surface area contributed by atoms with E-state index in [1.807, 2.05) is 0 Å². The van der Waals surface area contributed by atoms with E-state index >= 15 is 0 Å². The van der Waals surface area contributed by atoms with Crippen molar-refractivity contribution in [2.24, 2.45) is 0 Å². The molecular weight excluding hydrogens is 310 g/mol. The van der Waals surface area contributed by atoms with E-state index in [2.05, 4.69) is 0 Å². The lowest BCUT2D eigenvalue weighted by atomic mass is 10.2. The van der Waals surface area contributed by atoms with Gasteiger partial charge in [0.1, 0.15) is 11.5 Å². The van der Waals surface area contributed by atoms with Gasteiger partial charge in [0, 0.05) is 19.3 Å². The molecule has 22 heavy (non-hydrogen) atoms. The molecule has 1 amide bonds. The fourth-order valence-electron chi connectivity index (χ4n) is 1.60. The highest BCUT2D eigenvalue weighted by Gasteiger charge is 2.18. The van der Waals surface area contributed by atoms with E-state index in [4.69, 9.17) is 9.84 Å². The molecule has 0 fully saturated rings. The highest BCUT2D eigenvalue weighted by Crippen LogP contribution is 2.13. The Morgan fingerprint density at radius 3 is 2.32 bits per heavy atom. The molecule has 0 spiro atoms. The third-order valence-corrected chi connectivity index (χ3v) is 4.48. The standard InChI is InChI=1S/C14H19NO6S/c1-3-22(19,20)10-13(16)15(2)8-11-4-6-12(7-5-11)21-9-14(17)18/h4-7H,3,8-10H2,1-2H3,(H,17,18). The minimum atomic E-state index is -3.35. The van der Waals surface area contributed by atoms with Crippen LogP contribution in [0.15, 0.2) is 24.3 Å². The molecule has 1 N–H and O–H groups in total. The van der Waals surface area contributed by atoms with E-state index in [0.717, 1.165) is 5.56 Å². The van der Waals surface area contributed by atoms with Gasteiger partial charge in [-0.05, 0) is 17.7 Å². The largest absolute Gasteiger partial charge is 0.482 e. The molecule has 0 aliphatic carbocycles. The normalized spacial score (nSPS) is 11.0. The number of benzene rings is 1. The Balaban J connectivity index is 2.59. The van der Waals surface area contributed by atoms with Crippen molar-refractivity contribution in [1.82, 2.24) is 4.90 Å². The number of carbonyl (C=O) groups excluding carboxylic acids is 1. The summed E-state index contributed by atoms with van der Waals surface area (Å²) in [7, 11) is -1.81. The Labute approximate surface area is 129 Å². The predicted molar refractivity (Wildman–Crippen MR) is 80.4 cm³/mol. The van der Waals surface area contributed by atoms with Crippen LogP contribution in [0.3, 0.4) is 0 Å². The average Bonchev–Trinajstić information content (AvgIpc) is 2.46. The fourth-order valence-corrected chi connectivity index (χ4v) is 2.40. The van der Waals surface area contributed by atoms with Gasteiger partial charge in [0.25, 0.3) is 0 Å². The number of carboxylic acid groups (broad SMARTS) is 1. The predicted octanol–water partition coefficient (Wildman–Crippen LogP) is 0.543. The smallest absolute Gasteiger partial charge is 0.341 e. The summed E-state index contributed by atoms with van der Waals surface area (Å²) in [5.74, 6) is -1.68. The highest BCUT2D eigenvalue weighted by atomic mass is 32.2. The van der Waals surface area contributed by atoms with Crippen molar-refractivity contribution >= 4 is 21.7 Å². The first kappa shape index (κ1) is 18.0. The number of carbonyl (C=O) groups is 2. The van der Waals surface area contributed by atoms with Crippen molar-refractivity contribution in [1.29, 1.82) is 0 Å². The third kappa shape index (κ3) is 6.13. The van der Waals surface area contributed by atoms with Crippen molar-refractivity contribution in [2.45, 2.75) is 13.5 Å². The lowest BCUT2D eigenvalue weighted by molar-refractivity contribution is -0.139. The van der Waals surface area contributed by atoms with Gasteiger partial charge in [-0.2, -0.15) is 0 Å². The molecule has 0 saturated carbocycles. The molecule has 7 nitrogen and oxygen atoms in total. The van der Waals surface area contributed by atoms with Crippen LogP contribution in [0.5, 0.6) is 5.75 Å². The summed E-state index contributed by atoms with van der Waals surface area (Å²) in [6.45, 7) is 1.34. The summed E-state index contributed by atoms with van der Waals surface area (Å²) < 4.78 is 27.8. The van der Waals surface area contributed by atoms with E-state index in [0.29, 0.717) is 5.75 Å². The van der Waals surface area contributed by atoms with E-state index in [1.165, 1.54) is 18.9 Å². The summed E-state index contributed by atoms with van der Waals surface area (Å²) in [6.07, 6.45) is 0. The topological polar surface area (TPSA) is 101 Å². The molecule has 0 aliphatic heterocycles. The van der Waals surface area contributed by atoms with Crippen LogP contribution in [-0.2, 0) is 26.0 Å². The maximum Gasteiger partial charge on any atom is 0.341 e. The van der Waals surface area contributed by atoms with Crippen LogP contribution >= 0.6 is 0 Å². The number of hydrogen-bond acceptors (Lipinski definition) is 5. The molecule has 0 aliphatic rings. The lowest BCUT2D eigenvalue weighted by Crippen LogP contribution is -2.32. The maximum atomic E-state index is 11.8. The zero-order valence-corrected chi connectivity index (χ0v) is 13.3. The van der Waals surface area contributed by atoms with Crippen molar-refractivity contribution in [2.75, 3.05) is 25.2 Å². The fraction of sp³-hybridized carbons (Fsp3) is 0.429. The number of aliphatic carboxylic acids is 1.